The van der Waals surface area contributed by atoms with Crippen LogP contribution in [0.2, 0.25) is 0 Å². The zero-order valence-corrected chi connectivity index (χ0v) is 20.4. The molecule has 0 aromatic heterocycles. The molecule has 0 radical (unpaired) electrons. The van der Waals surface area contributed by atoms with Crippen LogP contribution in [0.3, 0.4) is 0 Å². The van der Waals surface area contributed by atoms with Crippen molar-refractivity contribution in [2.24, 2.45) is 5.92 Å². The van der Waals surface area contributed by atoms with Gasteiger partial charge in [0.05, 0.1) is 0 Å². The standard InChI is InChI=1S/C24H34N2O5.CH4.H2S/c1-5-24(13-6-7-14-26(4)16-24)18-9-8-10-19(15-18)31-21(28)12-11-20(27)25-22(17(2)3)23(29)30;;/h8-12,15,17,22H,5-7,13-14,16H2,1-4H3,(H,25,27)(H,29,30);1H4;1H2/b12-11-;;/t22-,24?;;/m0../s1. The first-order chi connectivity index (χ1) is 14.7. The second-order valence-electron chi connectivity index (χ2n) is 8.68. The van der Waals surface area contributed by atoms with Crippen molar-refractivity contribution in [2.45, 2.75) is 65.3 Å². The first-order valence-electron chi connectivity index (χ1n) is 10.9. The maximum atomic E-state index is 12.2. The van der Waals surface area contributed by atoms with E-state index in [1.807, 2.05) is 12.1 Å². The third-order valence-corrected chi connectivity index (χ3v) is 5.96. The molecule has 1 fully saturated rings. The molecule has 186 valence electrons. The van der Waals surface area contributed by atoms with Crippen molar-refractivity contribution >= 4 is 31.3 Å². The average molecular weight is 481 g/mol. The fourth-order valence-electron chi connectivity index (χ4n) is 4.15. The number of nitrogens with one attached hydrogen (secondary N) is 1. The van der Waals surface area contributed by atoms with Crippen LogP contribution in [0.4, 0.5) is 0 Å². The molecular formula is C25H40N2O5S. The Morgan fingerprint density at radius 2 is 1.94 bits per heavy atom. The summed E-state index contributed by atoms with van der Waals surface area (Å²) in [6.07, 6.45) is 6.43. The normalized spacial score (nSPS) is 19.7. The van der Waals surface area contributed by atoms with E-state index in [1.54, 1.807) is 19.9 Å². The van der Waals surface area contributed by atoms with Gasteiger partial charge in [-0.2, -0.15) is 13.5 Å². The predicted molar refractivity (Wildman–Crippen MR) is 136 cm³/mol. The van der Waals surface area contributed by atoms with E-state index >= 15 is 0 Å². The van der Waals surface area contributed by atoms with Crippen LogP contribution < -0.4 is 10.1 Å². The van der Waals surface area contributed by atoms with Gasteiger partial charge in [-0.25, -0.2) is 9.59 Å². The minimum atomic E-state index is -1.12. The highest BCUT2D eigenvalue weighted by atomic mass is 32.1. The molecule has 0 aliphatic carbocycles. The van der Waals surface area contributed by atoms with Gasteiger partial charge in [-0.3, -0.25) is 4.79 Å². The molecule has 1 aromatic carbocycles. The Morgan fingerprint density at radius 1 is 1.24 bits per heavy atom. The maximum absolute atomic E-state index is 12.2. The van der Waals surface area contributed by atoms with Crippen molar-refractivity contribution in [1.82, 2.24) is 10.2 Å². The van der Waals surface area contributed by atoms with Crippen LogP contribution in [0.1, 0.15) is 59.4 Å². The number of hydrogen-bond acceptors (Lipinski definition) is 5. The Morgan fingerprint density at radius 3 is 2.55 bits per heavy atom. The van der Waals surface area contributed by atoms with Crippen LogP contribution >= 0.6 is 13.5 Å². The highest BCUT2D eigenvalue weighted by Gasteiger charge is 2.33. The second-order valence-corrected chi connectivity index (χ2v) is 8.68. The molecule has 0 bridgehead atoms. The van der Waals surface area contributed by atoms with Gasteiger partial charge < -0.3 is 20.1 Å². The highest BCUT2D eigenvalue weighted by molar-refractivity contribution is 7.59. The number of carbonyl (C=O) groups excluding carboxylic acids is 2. The molecule has 1 aliphatic rings. The van der Waals surface area contributed by atoms with E-state index in [4.69, 9.17) is 9.84 Å². The summed E-state index contributed by atoms with van der Waals surface area (Å²) in [4.78, 5) is 37.7. The lowest BCUT2D eigenvalue weighted by molar-refractivity contribution is -0.142. The van der Waals surface area contributed by atoms with Gasteiger partial charge in [-0.1, -0.05) is 46.8 Å². The lowest BCUT2D eigenvalue weighted by Crippen LogP contribution is -2.43. The van der Waals surface area contributed by atoms with Crippen LogP contribution in [0, 0.1) is 5.92 Å². The van der Waals surface area contributed by atoms with Crippen molar-refractivity contribution < 1.29 is 24.2 Å². The third kappa shape index (κ3) is 8.85. The Hall–Kier alpha value is -2.32. The zero-order chi connectivity index (χ0) is 23.0. The summed E-state index contributed by atoms with van der Waals surface area (Å²) in [6.45, 7) is 7.63. The Balaban J connectivity index is 0.00000512. The number of carboxylic acids is 1. The van der Waals surface area contributed by atoms with Crippen LogP contribution in [0.15, 0.2) is 36.4 Å². The average Bonchev–Trinajstić information content (AvgIpc) is 2.92. The van der Waals surface area contributed by atoms with Crippen molar-refractivity contribution in [3.05, 3.63) is 42.0 Å². The van der Waals surface area contributed by atoms with Gasteiger partial charge in [0.15, 0.2) is 0 Å². The first-order valence-corrected chi connectivity index (χ1v) is 10.9. The molecule has 1 unspecified atom stereocenters. The molecule has 2 N–H and O–H groups in total. The predicted octanol–water partition coefficient (Wildman–Crippen LogP) is 3.89. The summed E-state index contributed by atoms with van der Waals surface area (Å²) in [5, 5.41) is 11.5. The SMILES string of the molecule is C.CCC1(c2cccc(OC(=O)/C=C\C(=O)N[C@H](C(=O)O)C(C)C)c2)CCCCN(C)C1.S. The van der Waals surface area contributed by atoms with E-state index in [-0.39, 0.29) is 32.3 Å². The molecular weight excluding hydrogens is 440 g/mol. The lowest BCUT2D eigenvalue weighted by atomic mass is 9.74. The number of hydrogen-bond donors (Lipinski definition) is 2. The molecule has 1 amide bonds. The van der Waals surface area contributed by atoms with Crippen molar-refractivity contribution in [2.75, 3.05) is 20.1 Å². The van der Waals surface area contributed by atoms with Crippen LogP contribution in [0.25, 0.3) is 0 Å². The van der Waals surface area contributed by atoms with Crippen LogP contribution in [-0.4, -0.2) is 54.0 Å². The number of ether oxygens (including phenoxy) is 1. The molecule has 33 heavy (non-hydrogen) atoms. The van der Waals surface area contributed by atoms with Gasteiger partial charge in [-0.05, 0) is 56.5 Å². The first kappa shape index (κ1) is 30.7. The van der Waals surface area contributed by atoms with Gasteiger partial charge in [0, 0.05) is 24.1 Å². The molecule has 7 nitrogen and oxygen atoms in total. The number of rotatable bonds is 8. The number of likely N-dealkylation sites (tertiary alicyclic amines) is 1. The van der Waals surface area contributed by atoms with Gasteiger partial charge in [0.25, 0.3) is 0 Å². The monoisotopic (exact) mass is 480 g/mol. The molecule has 0 spiro atoms. The fraction of sp³-hybridized carbons (Fsp3) is 0.560. The van der Waals surface area contributed by atoms with Crippen molar-refractivity contribution in [3.63, 3.8) is 0 Å². The lowest BCUT2D eigenvalue weighted by Gasteiger charge is -2.35. The topological polar surface area (TPSA) is 95.9 Å². The summed E-state index contributed by atoms with van der Waals surface area (Å²) < 4.78 is 5.41. The van der Waals surface area contributed by atoms with Gasteiger partial charge in [0.2, 0.25) is 5.91 Å². The number of carboxylic acid groups (broad SMARTS) is 1. The molecule has 1 heterocycles. The molecule has 2 rings (SSSR count). The summed E-state index contributed by atoms with van der Waals surface area (Å²) in [7, 11) is 2.14. The summed E-state index contributed by atoms with van der Waals surface area (Å²) >= 11 is 0. The van der Waals surface area contributed by atoms with E-state index < -0.39 is 23.9 Å². The van der Waals surface area contributed by atoms with Crippen LogP contribution in [-0.2, 0) is 19.8 Å². The van der Waals surface area contributed by atoms with E-state index in [0.717, 1.165) is 50.1 Å². The molecule has 1 aromatic rings. The number of benzene rings is 1. The van der Waals surface area contributed by atoms with E-state index in [2.05, 4.69) is 30.3 Å². The molecule has 8 heteroatoms. The summed E-state index contributed by atoms with van der Waals surface area (Å²) in [6, 6.07) is 6.58. The Labute approximate surface area is 205 Å². The Bertz CT molecular complexity index is 827. The molecule has 0 saturated carbocycles. The second kappa shape index (κ2) is 14.1. The number of esters is 1. The minimum Gasteiger partial charge on any atom is -0.480 e. The number of amides is 1. The largest absolute Gasteiger partial charge is 0.480 e. The van der Waals surface area contributed by atoms with E-state index in [1.165, 1.54) is 6.42 Å². The van der Waals surface area contributed by atoms with Crippen molar-refractivity contribution in [1.29, 1.82) is 0 Å². The van der Waals surface area contributed by atoms with E-state index in [9.17, 15) is 14.4 Å². The van der Waals surface area contributed by atoms with Gasteiger partial charge >= 0.3 is 11.9 Å². The minimum absolute atomic E-state index is 0. The highest BCUT2D eigenvalue weighted by Crippen LogP contribution is 2.37. The summed E-state index contributed by atoms with van der Waals surface area (Å²) in [5.74, 6) is -2.31. The number of nitrogens with zero attached hydrogens (tertiary/aromatic N) is 1. The number of carbonyl (C=O) groups is 3. The number of likely N-dealkylation sites (N-methyl/N-ethyl adjacent to an activating group) is 1. The quantitative estimate of drug-likeness (QED) is 0.333. The molecule has 1 saturated heterocycles. The number of aliphatic carboxylic acids is 1. The maximum Gasteiger partial charge on any atom is 0.336 e. The third-order valence-electron chi connectivity index (χ3n) is 5.96. The molecule has 1 aliphatic heterocycles. The van der Waals surface area contributed by atoms with Crippen LogP contribution in [0.5, 0.6) is 5.75 Å². The fourth-order valence-corrected chi connectivity index (χ4v) is 4.15. The van der Waals surface area contributed by atoms with E-state index in [0.29, 0.717) is 5.75 Å². The molecule has 2 atom stereocenters. The summed E-state index contributed by atoms with van der Waals surface area (Å²) in [5.41, 5.74) is 1.17. The smallest absolute Gasteiger partial charge is 0.336 e. The zero-order valence-electron chi connectivity index (χ0n) is 19.4. The Kier molecular flexibility index (Phi) is 13.1. The van der Waals surface area contributed by atoms with Gasteiger partial charge in [-0.15, -0.1) is 0 Å². The van der Waals surface area contributed by atoms with Crippen molar-refractivity contribution in [3.8, 4) is 5.75 Å². The van der Waals surface area contributed by atoms with Gasteiger partial charge in [0.1, 0.15) is 11.8 Å².